The van der Waals surface area contributed by atoms with Gasteiger partial charge in [0.2, 0.25) is 0 Å². The van der Waals surface area contributed by atoms with E-state index in [4.69, 9.17) is 32.2 Å². The first-order valence-electron chi connectivity index (χ1n) is 29.0. The highest BCUT2D eigenvalue weighted by Gasteiger charge is 2.45. The lowest BCUT2D eigenvalue weighted by molar-refractivity contribution is -0.275. The normalized spacial score (nSPS) is 18.1. The third-order valence-corrected chi connectivity index (χ3v) is 35.7. The van der Waals surface area contributed by atoms with Crippen LogP contribution in [0.4, 0.5) is 0 Å². The standard InChI is InChI=1S/C64H118O8Si4/c1-29-30-33-48(2)44-52(6)57(70-74(23,24)62(11,12)13)43-36-49(3)45-53(7)60(72-76(27,28)64(17,18)19)51(5)37-40-56(69-73(21,22)61(8,9)10)46-58(71-75(25,26)63(14,15)16)50(4)34-31-32-35-59(65)68-67-47-54-38-41-55(66-20)42-39-54/h29-35,37-42,48-53,56-58,60H,1,36,43-47H2,2-28H3. The van der Waals surface area contributed by atoms with Gasteiger partial charge in [-0.15, -0.1) is 0 Å². The third-order valence-electron chi connectivity index (χ3n) is 17.7. The van der Waals surface area contributed by atoms with Crippen LogP contribution < -0.4 is 4.74 Å². The van der Waals surface area contributed by atoms with E-state index in [1.807, 2.05) is 36.4 Å². The second-order valence-corrected chi connectivity index (χ2v) is 47.9. The van der Waals surface area contributed by atoms with E-state index < -0.39 is 39.2 Å². The lowest BCUT2D eigenvalue weighted by atomic mass is 9.83. The average Bonchev–Trinajstić information content (AvgIpc) is 3.27. The SMILES string of the molecule is C=CC=CC(C)CC(C)C(CCC(C)CC(C)C(O[Si](C)(C)C(C)(C)C)C(C)C=CC(CC(O[Si](C)(C)C(C)(C)C)C(C)C=CC=CC(=O)OOCc1ccc(OC)cc1)O[Si](C)(C)C(C)(C)C)O[Si](C)(C)C(C)(C)C. The number of methoxy groups -OCH3 is 1. The quantitative estimate of drug-likeness (QED) is 0.0176. The molecule has 0 aliphatic heterocycles. The van der Waals surface area contributed by atoms with E-state index in [9.17, 15) is 4.79 Å². The van der Waals surface area contributed by atoms with Gasteiger partial charge in [0, 0.05) is 18.6 Å². The van der Waals surface area contributed by atoms with Crippen molar-refractivity contribution in [3.05, 3.63) is 91.1 Å². The molecule has 0 amide bonds. The van der Waals surface area contributed by atoms with E-state index >= 15 is 0 Å². The fourth-order valence-electron chi connectivity index (χ4n) is 8.38. The minimum Gasteiger partial charge on any atom is -0.497 e. The minimum absolute atomic E-state index is 0.00425. The van der Waals surface area contributed by atoms with Crippen LogP contribution in [-0.4, -0.2) is 70.8 Å². The van der Waals surface area contributed by atoms with E-state index in [0.29, 0.717) is 30.1 Å². The van der Waals surface area contributed by atoms with Crippen molar-refractivity contribution in [2.45, 2.75) is 260 Å². The second kappa shape index (κ2) is 30.6. The van der Waals surface area contributed by atoms with Crippen LogP contribution in [0.3, 0.4) is 0 Å². The first kappa shape index (κ1) is 71.9. The molecule has 0 bridgehead atoms. The summed E-state index contributed by atoms with van der Waals surface area (Å²) in [7, 11) is -7.04. The van der Waals surface area contributed by atoms with Crippen LogP contribution in [0.2, 0.25) is 72.5 Å². The molecule has 12 heteroatoms. The first-order chi connectivity index (χ1) is 34.5. The van der Waals surface area contributed by atoms with Gasteiger partial charge in [0.25, 0.3) is 0 Å². The molecule has 8 nitrogen and oxygen atoms in total. The smallest absolute Gasteiger partial charge is 0.365 e. The fraction of sp³-hybridized carbons (Fsp3) is 0.734. The lowest BCUT2D eigenvalue weighted by Crippen LogP contribution is -2.48. The van der Waals surface area contributed by atoms with Crippen molar-refractivity contribution >= 4 is 39.2 Å². The van der Waals surface area contributed by atoms with Gasteiger partial charge in [0.1, 0.15) is 12.4 Å². The molecule has 0 aliphatic rings. The Labute approximate surface area is 473 Å². The van der Waals surface area contributed by atoms with E-state index in [2.05, 4.69) is 214 Å². The van der Waals surface area contributed by atoms with E-state index in [-0.39, 0.29) is 63.0 Å². The van der Waals surface area contributed by atoms with Crippen molar-refractivity contribution in [3.63, 3.8) is 0 Å². The van der Waals surface area contributed by atoms with Crippen LogP contribution in [0.15, 0.2) is 85.5 Å². The third kappa shape index (κ3) is 24.7. The van der Waals surface area contributed by atoms with Gasteiger partial charge in [-0.2, -0.15) is 4.89 Å². The van der Waals surface area contributed by atoms with Gasteiger partial charge < -0.3 is 22.4 Å². The topological polar surface area (TPSA) is 81.7 Å². The molecule has 1 aromatic carbocycles. The number of hydrogen-bond donors (Lipinski definition) is 0. The Hall–Kier alpha value is -2.14. The molecule has 10 atom stereocenters. The Balaban J connectivity index is 3.65. The van der Waals surface area contributed by atoms with Crippen LogP contribution in [0, 0.1) is 35.5 Å². The van der Waals surface area contributed by atoms with E-state index in [0.717, 1.165) is 37.0 Å². The molecule has 0 aromatic heterocycles. The number of rotatable bonds is 32. The maximum atomic E-state index is 12.6. The van der Waals surface area contributed by atoms with Crippen LogP contribution in [0.25, 0.3) is 0 Å². The molecule has 0 saturated heterocycles. The maximum Gasteiger partial charge on any atom is 0.365 e. The maximum absolute atomic E-state index is 12.6. The van der Waals surface area contributed by atoms with Crippen molar-refractivity contribution < 1.29 is 37.0 Å². The van der Waals surface area contributed by atoms with Crippen molar-refractivity contribution in [2.75, 3.05) is 7.11 Å². The summed E-state index contributed by atoms with van der Waals surface area (Å²) in [4.78, 5) is 22.9. The molecule has 0 aliphatic carbocycles. The molecule has 1 rings (SSSR count). The number of hydrogen-bond acceptors (Lipinski definition) is 8. The minimum atomic E-state index is -2.25. The summed E-state index contributed by atoms with van der Waals surface area (Å²) in [6.45, 7) is 65.2. The van der Waals surface area contributed by atoms with E-state index in [1.165, 1.54) is 6.08 Å². The molecule has 0 spiro atoms. The Morgan fingerprint density at radius 3 is 1.55 bits per heavy atom. The molecular formula is C64H118O8Si4. The Morgan fingerprint density at radius 1 is 0.553 bits per heavy atom. The number of carbonyl (C=O) groups excluding carboxylic acids is 1. The fourth-order valence-corrected chi connectivity index (χ4v) is 14.0. The predicted octanol–water partition coefficient (Wildman–Crippen LogP) is 19.4. The highest BCUT2D eigenvalue weighted by molar-refractivity contribution is 6.75. The second-order valence-electron chi connectivity index (χ2n) is 28.9. The van der Waals surface area contributed by atoms with Gasteiger partial charge >= 0.3 is 5.97 Å². The Bertz CT molecular complexity index is 1980. The van der Waals surface area contributed by atoms with Gasteiger partial charge in [-0.25, -0.2) is 4.79 Å². The molecule has 0 radical (unpaired) electrons. The average molecular weight is 1130 g/mol. The number of carbonyl (C=O) groups is 1. The summed E-state index contributed by atoms with van der Waals surface area (Å²) >= 11 is 0. The molecule has 10 unspecified atom stereocenters. The molecule has 0 saturated carbocycles. The Morgan fingerprint density at radius 2 is 1.05 bits per heavy atom. The molecular weight excluding hydrogens is 1010 g/mol. The number of ether oxygens (including phenoxy) is 1. The number of allylic oxidation sites excluding steroid dienone is 5. The molecule has 76 heavy (non-hydrogen) atoms. The summed E-state index contributed by atoms with van der Waals surface area (Å²) in [5, 5.41) is 0.225. The van der Waals surface area contributed by atoms with E-state index in [1.54, 1.807) is 13.2 Å². The van der Waals surface area contributed by atoms with Crippen molar-refractivity contribution in [1.29, 1.82) is 0 Å². The van der Waals surface area contributed by atoms with Gasteiger partial charge in [0.05, 0.1) is 25.4 Å². The summed E-state index contributed by atoms with van der Waals surface area (Å²) in [5.41, 5.74) is 0.866. The molecule has 0 N–H and O–H groups in total. The van der Waals surface area contributed by atoms with Gasteiger partial charge in [0.15, 0.2) is 33.3 Å². The zero-order chi connectivity index (χ0) is 58.9. The zero-order valence-corrected chi connectivity index (χ0v) is 58.0. The van der Waals surface area contributed by atoms with Crippen molar-refractivity contribution in [1.82, 2.24) is 0 Å². The highest BCUT2D eigenvalue weighted by Crippen LogP contribution is 2.44. The summed E-state index contributed by atoms with van der Waals surface area (Å²) < 4.78 is 34.9. The predicted molar refractivity (Wildman–Crippen MR) is 337 cm³/mol. The zero-order valence-electron chi connectivity index (χ0n) is 54.0. The molecule has 438 valence electrons. The van der Waals surface area contributed by atoms with Crippen LogP contribution in [0.1, 0.15) is 162 Å². The largest absolute Gasteiger partial charge is 0.497 e. The monoisotopic (exact) mass is 1130 g/mol. The van der Waals surface area contributed by atoms with Gasteiger partial charge in [-0.05, 0) is 151 Å². The van der Waals surface area contributed by atoms with Crippen molar-refractivity contribution in [3.8, 4) is 5.75 Å². The van der Waals surface area contributed by atoms with Crippen molar-refractivity contribution in [2.24, 2.45) is 35.5 Å². The van der Waals surface area contributed by atoms with Crippen LogP contribution >= 0.6 is 0 Å². The van der Waals surface area contributed by atoms with Gasteiger partial charge in [-0.3, -0.25) is 4.89 Å². The highest BCUT2D eigenvalue weighted by atomic mass is 28.4. The molecule has 0 heterocycles. The van der Waals surface area contributed by atoms with Gasteiger partial charge in [-0.1, -0.05) is 192 Å². The summed E-state index contributed by atoms with van der Waals surface area (Å²) in [5.74, 6) is 2.07. The number of benzene rings is 1. The summed E-state index contributed by atoms with van der Waals surface area (Å²) in [6, 6.07) is 7.42. The van der Waals surface area contributed by atoms with Crippen LogP contribution in [-0.2, 0) is 38.9 Å². The first-order valence-corrected chi connectivity index (χ1v) is 40.6. The molecule has 1 aromatic rings. The Kier molecular flexibility index (Phi) is 28.9. The molecule has 0 fully saturated rings. The van der Waals surface area contributed by atoms with Crippen LogP contribution in [0.5, 0.6) is 5.75 Å². The summed E-state index contributed by atoms with van der Waals surface area (Å²) in [6.07, 6.45) is 23.1. The lowest BCUT2D eigenvalue weighted by Gasteiger charge is -2.44.